The summed E-state index contributed by atoms with van der Waals surface area (Å²) in [6.07, 6.45) is 0. The molecule has 0 unspecified atom stereocenters. The summed E-state index contributed by atoms with van der Waals surface area (Å²) >= 11 is 0. The van der Waals surface area contributed by atoms with Gasteiger partial charge in [0.25, 0.3) is 29.5 Å². The van der Waals surface area contributed by atoms with E-state index in [2.05, 4.69) is 63.7 Å². The maximum absolute atomic E-state index is 12.8. The van der Waals surface area contributed by atoms with Crippen LogP contribution in [0, 0.1) is 0 Å². The minimum absolute atomic E-state index is 0.0601. The summed E-state index contributed by atoms with van der Waals surface area (Å²) in [6.45, 7) is 11.3. The smallest absolute Gasteiger partial charge is 0.261 e. The van der Waals surface area contributed by atoms with Crippen LogP contribution in [0.25, 0.3) is 43.1 Å². The van der Waals surface area contributed by atoms with Gasteiger partial charge in [-0.05, 0) is 133 Å². The number of nitrogen functional groups attached to an aromatic ring is 2. The van der Waals surface area contributed by atoms with Crippen molar-refractivity contribution in [1.82, 2.24) is 39.2 Å². The molecule has 0 saturated heterocycles. The lowest BCUT2D eigenvalue weighted by Gasteiger charge is -2.30. The summed E-state index contributed by atoms with van der Waals surface area (Å²) in [5.74, 6) is -1.32. The molecule has 8 aromatic carbocycles. The van der Waals surface area contributed by atoms with Gasteiger partial charge in [-0.3, -0.25) is 48.3 Å². The maximum Gasteiger partial charge on any atom is 0.261 e. The molecule has 12 rings (SSSR count). The summed E-state index contributed by atoms with van der Waals surface area (Å²) in [4.78, 5) is 101. The first kappa shape index (κ1) is 62.4. The second-order valence-electron chi connectivity index (χ2n) is 23.5. The number of benzene rings is 8. The topological polar surface area (TPSA) is 222 Å². The molecule has 7 amide bonds. The minimum atomic E-state index is -0.292. The van der Waals surface area contributed by atoms with Crippen molar-refractivity contribution in [2.75, 3.05) is 131 Å². The Morgan fingerprint density at radius 3 is 1.25 bits per heavy atom. The molecule has 0 spiro atoms. The molecule has 452 valence electrons. The molecule has 87 heavy (non-hydrogen) atoms. The average Bonchev–Trinajstić information content (AvgIpc) is 0.853. The molecule has 0 saturated carbocycles. The summed E-state index contributed by atoms with van der Waals surface area (Å²) < 4.78 is 0. The first-order valence-electron chi connectivity index (χ1n) is 29.1. The fraction of sp³-hybridized carbons (Fsp3) is 0.309. The lowest BCUT2D eigenvalue weighted by Crippen LogP contribution is -2.43. The Kier molecular flexibility index (Phi) is 19.1. The van der Waals surface area contributed by atoms with Gasteiger partial charge in [-0.2, -0.15) is 0 Å². The number of anilines is 4. The number of carbonyl (C=O) groups excluding carboxylic acids is 7. The molecule has 19 nitrogen and oxygen atoms in total. The van der Waals surface area contributed by atoms with Crippen molar-refractivity contribution in [2.24, 2.45) is 0 Å². The zero-order valence-corrected chi connectivity index (χ0v) is 51.4. The van der Waals surface area contributed by atoms with Gasteiger partial charge in [0.2, 0.25) is 11.8 Å². The summed E-state index contributed by atoms with van der Waals surface area (Å²) in [5.41, 5.74) is 21.6. The van der Waals surface area contributed by atoms with Gasteiger partial charge in [0.05, 0.1) is 0 Å². The Morgan fingerprint density at radius 1 is 0.391 bits per heavy atom. The molecule has 4 heterocycles. The Morgan fingerprint density at radius 2 is 0.747 bits per heavy atom. The van der Waals surface area contributed by atoms with Crippen LogP contribution in [0.2, 0.25) is 0 Å². The van der Waals surface area contributed by atoms with Crippen molar-refractivity contribution in [3.8, 4) is 0 Å². The van der Waals surface area contributed by atoms with E-state index in [9.17, 15) is 33.6 Å². The first-order valence-corrected chi connectivity index (χ1v) is 29.1. The predicted octanol–water partition coefficient (Wildman–Crippen LogP) is 8.15. The van der Waals surface area contributed by atoms with Crippen LogP contribution in [0.15, 0.2) is 121 Å². The number of rotatable bonds is 14. The number of carbonyl (C=O) groups is 7. The molecule has 0 aliphatic carbocycles. The highest BCUT2D eigenvalue weighted by Gasteiger charge is 2.35. The summed E-state index contributed by atoms with van der Waals surface area (Å²) in [6, 6.07) is 37.8. The Bertz CT molecular complexity index is 3970. The summed E-state index contributed by atoms with van der Waals surface area (Å²) in [7, 11) is 15.9. The highest BCUT2D eigenvalue weighted by molar-refractivity contribution is 6.28. The predicted molar refractivity (Wildman–Crippen MR) is 347 cm³/mol. The fourth-order valence-corrected chi connectivity index (χ4v) is 11.5. The lowest BCUT2D eigenvalue weighted by molar-refractivity contribution is -0.115. The zero-order valence-electron chi connectivity index (χ0n) is 51.4. The first-order chi connectivity index (χ1) is 41.5. The molecule has 0 radical (unpaired) electrons. The van der Waals surface area contributed by atoms with Crippen LogP contribution in [-0.2, 0) is 29.2 Å². The van der Waals surface area contributed by atoms with Gasteiger partial charge < -0.3 is 46.6 Å². The van der Waals surface area contributed by atoms with E-state index in [1.54, 1.807) is 48.5 Å². The third kappa shape index (κ3) is 13.5. The lowest BCUT2D eigenvalue weighted by atomic mass is 9.93. The highest BCUT2D eigenvalue weighted by Crippen LogP contribution is 2.38. The number of nitrogens with two attached hydrogens (primary N) is 2. The molecule has 4 aliphatic rings. The number of likely N-dealkylation sites (N-methyl/N-ethyl adjacent to an activating group) is 4. The van der Waals surface area contributed by atoms with E-state index in [4.69, 9.17) is 11.5 Å². The molecule has 0 fully saturated rings. The van der Waals surface area contributed by atoms with Crippen molar-refractivity contribution < 1.29 is 33.6 Å². The maximum atomic E-state index is 12.8. The zero-order chi connectivity index (χ0) is 62.5. The number of hydrogen-bond acceptors (Lipinski definition) is 14. The second kappa shape index (κ2) is 26.7. The number of nitrogens with zero attached hydrogens (tertiary/aromatic N) is 8. The van der Waals surface area contributed by atoms with Crippen LogP contribution in [0.5, 0.6) is 0 Å². The van der Waals surface area contributed by atoms with Gasteiger partial charge in [0, 0.05) is 174 Å². The second-order valence-corrected chi connectivity index (χ2v) is 23.5. The van der Waals surface area contributed by atoms with Crippen LogP contribution in [0.4, 0.5) is 22.7 Å². The van der Waals surface area contributed by atoms with Crippen LogP contribution in [0.3, 0.4) is 0 Å². The highest BCUT2D eigenvalue weighted by atomic mass is 16.2. The Hall–Kier alpha value is -9.11. The standard InChI is InChI=1S/C18H19N3O3.C18H21N3O2.C16H17N3O2.C16H21N3/c1-11(22)19-15-8-7-14-16-12(15)5-4-6-13(16)17(23)21(18(14)24)10-9-20(2)3;1-12(22)19-16-8-7-13-11-21(10-9-20(2)3)18(23)15-6-4-5-14(16)17(13)15;1-18(2)8-9-19-15(20)11-5-3-4-10-13(17)7-6-12(14(10)11)16(19)21;1-18(2)8-9-19-10-12-4-3-5-14-15(17)7-6-13(11-19)16(12)14/h4-8H,9-10H2,1-3H3,(H,19,22);4-8H,9-11H2,1-3H3,(H,19,22);3-7H,8-9,17H2,1-2H3;3-7H,8-11,17H2,1-2H3. The number of amides is 7. The third-order valence-corrected chi connectivity index (χ3v) is 15.9. The van der Waals surface area contributed by atoms with Crippen molar-refractivity contribution in [3.05, 3.63) is 166 Å². The summed E-state index contributed by atoms with van der Waals surface area (Å²) in [5, 5.41) is 12.8. The molecule has 0 atom stereocenters. The van der Waals surface area contributed by atoms with Crippen LogP contribution in [0.1, 0.15) is 82.3 Å². The van der Waals surface area contributed by atoms with Crippen molar-refractivity contribution in [2.45, 2.75) is 33.5 Å². The van der Waals surface area contributed by atoms with Crippen LogP contribution >= 0.6 is 0 Å². The monoisotopic (exact) mass is 1170 g/mol. The van der Waals surface area contributed by atoms with E-state index in [1.165, 1.54) is 45.5 Å². The van der Waals surface area contributed by atoms with Crippen molar-refractivity contribution in [1.29, 1.82) is 0 Å². The molecule has 8 aromatic rings. The largest absolute Gasteiger partial charge is 0.398 e. The van der Waals surface area contributed by atoms with E-state index >= 15 is 0 Å². The molecule has 6 N–H and O–H groups in total. The minimum Gasteiger partial charge on any atom is -0.398 e. The number of imide groups is 2. The van der Waals surface area contributed by atoms with Crippen LogP contribution < -0.4 is 22.1 Å². The fourth-order valence-electron chi connectivity index (χ4n) is 11.5. The third-order valence-electron chi connectivity index (χ3n) is 15.9. The Balaban J connectivity index is 0.000000139. The van der Waals surface area contributed by atoms with Gasteiger partial charge >= 0.3 is 0 Å². The molecule has 4 aliphatic heterocycles. The van der Waals surface area contributed by atoms with Gasteiger partial charge in [-0.15, -0.1) is 0 Å². The average molecular weight is 1180 g/mol. The quantitative estimate of drug-likeness (QED) is 0.0597. The number of hydrogen-bond donors (Lipinski definition) is 4. The molecule has 0 bridgehead atoms. The van der Waals surface area contributed by atoms with Gasteiger partial charge in [0.15, 0.2) is 0 Å². The van der Waals surface area contributed by atoms with Gasteiger partial charge in [-0.1, -0.05) is 66.7 Å². The van der Waals surface area contributed by atoms with E-state index < -0.39 is 0 Å². The van der Waals surface area contributed by atoms with E-state index in [0.717, 1.165) is 71.4 Å². The molecular formula is C68H78N12O7. The van der Waals surface area contributed by atoms with Crippen LogP contribution in [-0.4, -0.2) is 189 Å². The van der Waals surface area contributed by atoms with Crippen molar-refractivity contribution in [3.63, 3.8) is 0 Å². The molecule has 0 aromatic heterocycles. The normalized spacial score (nSPS) is 14.2. The molecular weight excluding hydrogens is 1100 g/mol. The van der Waals surface area contributed by atoms with E-state index in [1.807, 2.05) is 106 Å². The number of nitrogens with one attached hydrogen (secondary N) is 2. The Labute approximate surface area is 508 Å². The van der Waals surface area contributed by atoms with Gasteiger partial charge in [-0.25, -0.2) is 0 Å². The van der Waals surface area contributed by atoms with E-state index in [-0.39, 0.29) is 41.4 Å². The molecule has 19 heteroatoms. The van der Waals surface area contributed by atoms with Gasteiger partial charge in [0.1, 0.15) is 0 Å². The van der Waals surface area contributed by atoms with E-state index in [0.29, 0.717) is 89.1 Å². The SMILES string of the molecule is CC(=O)Nc1ccc2c3c(cccc13)C(=O)N(CCN(C)C)C2.CC(=O)Nc1ccc2c3c(cccc13)C(=O)N(CCN(C)C)C2=O.CN(C)CCN1C(=O)c2cccc3c(N)ccc(c23)C1=O.CN(C)CCN1Cc2cccc3c(N)ccc(c23)C1. The van der Waals surface area contributed by atoms with Crippen molar-refractivity contribution >= 4 is 107 Å².